The third kappa shape index (κ3) is 7.02. The lowest BCUT2D eigenvalue weighted by Gasteiger charge is -2.26. The number of esters is 1. The number of para-hydroxylation sites is 1. The summed E-state index contributed by atoms with van der Waals surface area (Å²) in [6.07, 6.45) is 0.206. The summed E-state index contributed by atoms with van der Waals surface area (Å²) in [5, 5.41) is 0.890. The monoisotopic (exact) mass is 547 g/mol. The van der Waals surface area contributed by atoms with Crippen molar-refractivity contribution in [1.82, 2.24) is 4.72 Å². The van der Waals surface area contributed by atoms with Crippen molar-refractivity contribution in [3.63, 3.8) is 0 Å². The molecule has 4 rings (SSSR count). The van der Waals surface area contributed by atoms with Crippen LogP contribution in [0.3, 0.4) is 0 Å². The van der Waals surface area contributed by atoms with Crippen LogP contribution in [0.25, 0.3) is 22.1 Å². The lowest BCUT2D eigenvalue weighted by molar-refractivity contribution is -0.158. The molecule has 8 heteroatoms. The second kappa shape index (κ2) is 11.2. The minimum Gasteiger partial charge on any atom is -0.459 e. The molecular weight excluding hydrogens is 514 g/mol. The Labute approximate surface area is 229 Å². The molecule has 0 saturated heterocycles. The number of sulfonamides is 1. The molecule has 0 amide bonds. The lowest BCUT2D eigenvalue weighted by atomic mass is 10.0. The smallest absolute Gasteiger partial charge is 0.324 e. The van der Waals surface area contributed by atoms with Gasteiger partial charge in [-0.15, -0.1) is 0 Å². The molecule has 4 aromatic rings. The summed E-state index contributed by atoms with van der Waals surface area (Å²) in [4.78, 5) is 25.4. The molecule has 3 aromatic carbocycles. The maximum absolute atomic E-state index is 13.0. The molecule has 0 spiro atoms. The largest absolute Gasteiger partial charge is 0.459 e. The molecule has 1 N–H and O–H groups in total. The number of rotatable bonds is 9. The molecular formula is C31H33NO6S. The van der Waals surface area contributed by atoms with Crippen LogP contribution in [0.1, 0.15) is 50.7 Å². The maximum Gasteiger partial charge on any atom is 0.324 e. The highest BCUT2D eigenvalue weighted by atomic mass is 32.2. The number of nitrogens with one attached hydrogen (secondary N) is 1. The molecule has 0 unspecified atom stereocenters. The van der Waals surface area contributed by atoms with Crippen molar-refractivity contribution < 1.29 is 27.2 Å². The van der Waals surface area contributed by atoms with E-state index in [1.54, 1.807) is 52.8 Å². The van der Waals surface area contributed by atoms with Crippen LogP contribution in [0.5, 0.6) is 0 Å². The fourth-order valence-corrected chi connectivity index (χ4v) is 5.42. The number of fused-ring (bicyclic) bond motifs is 1. The average Bonchev–Trinajstić information content (AvgIpc) is 3.31. The van der Waals surface area contributed by atoms with Crippen LogP contribution in [0.4, 0.5) is 0 Å². The molecule has 1 atom stereocenters. The second-order valence-electron chi connectivity index (χ2n) is 10.8. The van der Waals surface area contributed by atoms with Gasteiger partial charge in [0.2, 0.25) is 15.8 Å². The minimum absolute atomic E-state index is 0.0495. The van der Waals surface area contributed by atoms with Gasteiger partial charge in [-0.3, -0.25) is 9.59 Å². The highest BCUT2D eigenvalue weighted by Crippen LogP contribution is 2.24. The van der Waals surface area contributed by atoms with Crippen LogP contribution in [0.15, 0.2) is 88.2 Å². The summed E-state index contributed by atoms with van der Waals surface area (Å²) in [5.74, 6) is -0.688. The molecule has 204 valence electrons. The van der Waals surface area contributed by atoms with Gasteiger partial charge < -0.3 is 9.15 Å². The number of carbonyl (C=O) groups excluding carboxylic acids is 2. The summed E-state index contributed by atoms with van der Waals surface area (Å²) >= 11 is 0. The molecule has 1 heterocycles. The third-order valence-electron chi connectivity index (χ3n) is 6.13. The van der Waals surface area contributed by atoms with E-state index in [1.165, 1.54) is 12.1 Å². The van der Waals surface area contributed by atoms with E-state index in [0.29, 0.717) is 11.3 Å². The second-order valence-corrected chi connectivity index (χ2v) is 12.6. The van der Waals surface area contributed by atoms with E-state index in [0.717, 1.165) is 22.1 Å². The van der Waals surface area contributed by atoms with Gasteiger partial charge in [0.25, 0.3) is 0 Å². The molecule has 0 fully saturated rings. The molecule has 0 saturated carbocycles. The zero-order valence-corrected chi connectivity index (χ0v) is 23.5. The number of ketones is 1. The van der Waals surface area contributed by atoms with Gasteiger partial charge in [-0.05, 0) is 67.6 Å². The first kappa shape index (κ1) is 28.3. The van der Waals surface area contributed by atoms with E-state index in [-0.39, 0.29) is 23.0 Å². The SMILES string of the molecule is CC(C)[C@@H](NS(=O)(=O)c1ccc(-c2ccc(CC(=O)c3cc4ccccc4o3)cc2)cc1)C(=O)OC(C)(C)C. The Bertz CT molecular complexity index is 1540. The van der Waals surface area contributed by atoms with Gasteiger partial charge in [0, 0.05) is 11.8 Å². The number of carbonyl (C=O) groups is 2. The van der Waals surface area contributed by atoms with Gasteiger partial charge in [-0.1, -0.05) is 68.4 Å². The summed E-state index contributed by atoms with van der Waals surface area (Å²) in [6, 6.07) is 22.2. The van der Waals surface area contributed by atoms with E-state index in [1.807, 2.05) is 48.5 Å². The van der Waals surface area contributed by atoms with Gasteiger partial charge in [0.05, 0.1) is 4.90 Å². The van der Waals surface area contributed by atoms with Gasteiger partial charge in [-0.2, -0.15) is 4.72 Å². The Balaban J connectivity index is 1.44. The number of hydrogen-bond acceptors (Lipinski definition) is 6. The minimum atomic E-state index is -3.96. The number of hydrogen-bond donors (Lipinski definition) is 1. The highest BCUT2D eigenvalue weighted by Gasteiger charge is 2.32. The number of Topliss-reactive ketones (excluding diaryl/α,β-unsaturated/α-hetero) is 1. The van der Waals surface area contributed by atoms with Crippen molar-refractivity contribution in [1.29, 1.82) is 0 Å². The molecule has 0 aliphatic rings. The quantitative estimate of drug-likeness (QED) is 0.199. The van der Waals surface area contributed by atoms with Gasteiger partial charge in [0.1, 0.15) is 17.2 Å². The normalized spacial score (nSPS) is 13.0. The predicted octanol–water partition coefficient (Wildman–Crippen LogP) is 6.17. The van der Waals surface area contributed by atoms with Crippen molar-refractivity contribution in [3.8, 4) is 11.1 Å². The molecule has 0 bridgehead atoms. The van der Waals surface area contributed by atoms with E-state index in [2.05, 4.69) is 4.72 Å². The maximum atomic E-state index is 13.0. The summed E-state index contributed by atoms with van der Waals surface area (Å²) < 4.78 is 39.6. The standard InChI is InChI=1S/C31H33NO6S/c1-20(2)29(30(34)38-31(3,4)5)32-39(35,36)25-16-14-23(15-17-25)22-12-10-21(11-13-22)18-26(33)28-19-24-8-6-7-9-27(24)37-28/h6-17,19-20,29,32H,18H2,1-5H3/t29-/m1/s1. The molecule has 0 radical (unpaired) electrons. The zero-order chi connectivity index (χ0) is 28.4. The zero-order valence-electron chi connectivity index (χ0n) is 22.7. The van der Waals surface area contributed by atoms with Crippen LogP contribution in [0, 0.1) is 5.92 Å². The molecule has 1 aromatic heterocycles. The Morgan fingerprint density at radius 3 is 2.05 bits per heavy atom. The fraction of sp³-hybridized carbons (Fsp3) is 0.290. The highest BCUT2D eigenvalue weighted by molar-refractivity contribution is 7.89. The number of ether oxygens (including phenoxy) is 1. The number of benzene rings is 3. The fourth-order valence-electron chi connectivity index (χ4n) is 4.09. The molecule has 0 aliphatic heterocycles. The first-order valence-corrected chi connectivity index (χ1v) is 14.3. The Kier molecular flexibility index (Phi) is 8.09. The van der Waals surface area contributed by atoms with Gasteiger partial charge >= 0.3 is 5.97 Å². The molecule has 39 heavy (non-hydrogen) atoms. The first-order valence-electron chi connectivity index (χ1n) is 12.8. The van der Waals surface area contributed by atoms with Crippen LogP contribution >= 0.6 is 0 Å². The summed E-state index contributed by atoms with van der Waals surface area (Å²) in [5.41, 5.74) is 2.49. The van der Waals surface area contributed by atoms with E-state index in [4.69, 9.17) is 9.15 Å². The van der Waals surface area contributed by atoms with Crippen molar-refractivity contribution in [2.45, 2.75) is 57.6 Å². The van der Waals surface area contributed by atoms with E-state index < -0.39 is 27.6 Å². The van der Waals surface area contributed by atoms with Crippen molar-refractivity contribution >= 4 is 32.7 Å². The first-order chi connectivity index (χ1) is 18.3. The van der Waals surface area contributed by atoms with Crippen LogP contribution in [-0.4, -0.2) is 31.8 Å². The third-order valence-corrected chi connectivity index (χ3v) is 7.58. The topological polar surface area (TPSA) is 103 Å². The van der Waals surface area contributed by atoms with Gasteiger partial charge in [-0.25, -0.2) is 8.42 Å². The van der Waals surface area contributed by atoms with Crippen LogP contribution in [0.2, 0.25) is 0 Å². The van der Waals surface area contributed by atoms with E-state index >= 15 is 0 Å². The predicted molar refractivity (Wildman–Crippen MR) is 151 cm³/mol. The van der Waals surface area contributed by atoms with Crippen LogP contribution in [-0.2, 0) is 26.0 Å². The summed E-state index contributed by atoms with van der Waals surface area (Å²) in [7, 11) is -3.96. The average molecular weight is 548 g/mol. The summed E-state index contributed by atoms with van der Waals surface area (Å²) in [6.45, 7) is 8.73. The van der Waals surface area contributed by atoms with Crippen molar-refractivity contribution in [3.05, 3.63) is 90.2 Å². The van der Waals surface area contributed by atoms with Crippen LogP contribution < -0.4 is 4.72 Å². The Morgan fingerprint density at radius 2 is 1.49 bits per heavy atom. The molecule has 0 aliphatic carbocycles. The Hall–Kier alpha value is -3.75. The lowest BCUT2D eigenvalue weighted by Crippen LogP contribution is -2.47. The molecule has 7 nitrogen and oxygen atoms in total. The van der Waals surface area contributed by atoms with Crippen molar-refractivity contribution in [2.24, 2.45) is 5.92 Å². The van der Waals surface area contributed by atoms with E-state index in [9.17, 15) is 18.0 Å². The number of furan rings is 1. The van der Waals surface area contributed by atoms with Crippen molar-refractivity contribution in [2.75, 3.05) is 0 Å². The Morgan fingerprint density at radius 1 is 0.897 bits per heavy atom. The van der Waals surface area contributed by atoms with Gasteiger partial charge in [0.15, 0.2) is 5.76 Å².